The summed E-state index contributed by atoms with van der Waals surface area (Å²) in [6.45, 7) is 3.88. The Bertz CT molecular complexity index is 693. The second kappa shape index (κ2) is 7.49. The highest BCUT2D eigenvalue weighted by Gasteiger charge is 2.21. The lowest BCUT2D eigenvalue weighted by Gasteiger charge is -2.15. The van der Waals surface area contributed by atoms with Crippen molar-refractivity contribution in [2.24, 2.45) is 7.05 Å². The van der Waals surface area contributed by atoms with Crippen LogP contribution in [0, 0.1) is 0 Å². The molecule has 1 aromatic heterocycles. The molecule has 6 nitrogen and oxygen atoms in total. The Morgan fingerprint density at radius 2 is 1.96 bits per heavy atom. The summed E-state index contributed by atoms with van der Waals surface area (Å²) in [7, 11) is 1.74. The maximum atomic E-state index is 12.2. The fraction of sp³-hybridized carbons (Fsp3) is 0.294. The van der Waals surface area contributed by atoms with Crippen LogP contribution in [0.2, 0.25) is 0 Å². The predicted molar refractivity (Wildman–Crippen MR) is 86.5 cm³/mol. The van der Waals surface area contributed by atoms with Crippen LogP contribution in [0.1, 0.15) is 24.3 Å². The Labute approximate surface area is 135 Å². The average Bonchev–Trinajstić information content (AvgIpc) is 2.95. The second-order valence-corrected chi connectivity index (χ2v) is 4.97. The van der Waals surface area contributed by atoms with E-state index >= 15 is 0 Å². The van der Waals surface area contributed by atoms with Gasteiger partial charge in [0.05, 0.1) is 12.3 Å². The molecule has 0 aliphatic rings. The highest BCUT2D eigenvalue weighted by molar-refractivity contribution is 5.97. The number of anilines is 1. The molecule has 6 heteroatoms. The number of hydrogen-bond acceptors (Lipinski definition) is 4. The number of ether oxygens (including phenoxy) is 2. The van der Waals surface area contributed by atoms with Gasteiger partial charge in [-0.05, 0) is 38.1 Å². The summed E-state index contributed by atoms with van der Waals surface area (Å²) < 4.78 is 12.3. The predicted octanol–water partition coefficient (Wildman–Crippen LogP) is 2.61. The van der Waals surface area contributed by atoms with Crippen LogP contribution in [-0.4, -0.2) is 29.2 Å². The van der Waals surface area contributed by atoms with E-state index in [1.54, 1.807) is 48.1 Å². The molecule has 1 aromatic carbocycles. The molecule has 0 unspecified atom stereocenters. The minimum absolute atomic E-state index is 0.388. The van der Waals surface area contributed by atoms with E-state index in [0.29, 0.717) is 23.7 Å². The molecule has 1 atom stereocenters. The molecule has 0 bridgehead atoms. The fourth-order valence-corrected chi connectivity index (χ4v) is 2.03. The van der Waals surface area contributed by atoms with Gasteiger partial charge in [-0.3, -0.25) is 4.79 Å². The Morgan fingerprint density at radius 3 is 2.61 bits per heavy atom. The largest absolute Gasteiger partial charge is 0.492 e. The van der Waals surface area contributed by atoms with Crippen LogP contribution in [0.3, 0.4) is 0 Å². The molecular weight excluding hydrogens is 296 g/mol. The topological polar surface area (TPSA) is 69.6 Å². The second-order valence-electron chi connectivity index (χ2n) is 4.97. The molecule has 2 aromatic rings. The first-order valence-corrected chi connectivity index (χ1v) is 7.38. The third-order valence-corrected chi connectivity index (χ3v) is 3.25. The van der Waals surface area contributed by atoms with Gasteiger partial charge in [0, 0.05) is 13.2 Å². The van der Waals surface area contributed by atoms with Gasteiger partial charge >= 0.3 is 5.97 Å². The number of benzene rings is 1. The summed E-state index contributed by atoms with van der Waals surface area (Å²) in [6.07, 6.45) is 0.812. The molecule has 0 fully saturated rings. The Balaban J connectivity index is 2.00. The molecule has 1 N–H and O–H groups in total. The summed E-state index contributed by atoms with van der Waals surface area (Å²) in [5.74, 6) is -0.387. The van der Waals surface area contributed by atoms with Gasteiger partial charge in [-0.15, -0.1) is 0 Å². The third kappa shape index (κ3) is 4.12. The molecule has 23 heavy (non-hydrogen) atoms. The molecule has 1 heterocycles. The van der Waals surface area contributed by atoms with Gasteiger partial charge in [0.2, 0.25) is 0 Å². The van der Waals surface area contributed by atoms with E-state index in [4.69, 9.17) is 9.47 Å². The molecular formula is C17H20N2O4. The van der Waals surface area contributed by atoms with Crippen LogP contribution in [0.5, 0.6) is 5.75 Å². The smallest absolute Gasteiger partial charge is 0.355 e. The van der Waals surface area contributed by atoms with E-state index in [1.165, 1.54) is 6.92 Å². The lowest BCUT2D eigenvalue weighted by Crippen LogP contribution is -2.30. The molecule has 2 rings (SSSR count). The molecule has 1 amide bonds. The molecule has 0 saturated heterocycles. The maximum Gasteiger partial charge on any atom is 0.355 e. The Morgan fingerprint density at radius 1 is 1.22 bits per heavy atom. The van der Waals surface area contributed by atoms with Crippen LogP contribution >= 0.6 is 0 Å². The van der Waals surface area contributed by atoms with Gasteiger partial charge in [0.25, 0.3) is 5.91 Å². The van der Waals surface area contributed by atoms with Crippen LogP contribution < -0.4 is 10.1 Å². The lowest BCUT2D eigenvalue weighted by molar-refractivity contribution is -0.123. The number of aromatic nitrogens is 1. The van der Waals surface area contributed by atoms with Crippen LogP contribution in [0.25, 0.3) is 0 Å². The van der Waals surface area contributed by atoms with Gasteiger partial charge in [0.1, 0.15) is 11.4 Å². The number of esters is 1. The molecule has 0 aliphatic carbocycles. The molecule has 0 radical (unpaired) electrons. The van der Waals surface area contributed by atoms with Crippen molar-refractivity contribution in [3.63, 3.8) is 0 Å². The van der Waals surface area contributed by atoms with E-state index in [-0.39, 0.29) is 0 Å². The number of nitrogens with one attached hydrogen (secondary N) is 1. The van der Waals surface area contributed by atoms with Gasteiger partial charge in [-0.25, -0.2) is 4.79 Å². The summed E-state index contributed by atoms with van der Waals surface area (Å²) in [5.41, 5.74) is 0.931. The SMILES string of the molecule is CCOc1ccccc1NC(=O)[C@@H](C)OC(=O)c1cccn1C. The molecule has 122 valence electrons. The summed E-state index contributed by atoms with van der Waals surface area (Å²) in [4.78, 5) is 24.2. The van der Waals surface area contributed by atoms with Crippen LogP contribution in [0.15, 0.2) is 42.6 Å². The number of amides is 1. The summed E-state index contributed by atoms with van der Waals surface area (Å²) in [6, 6.07) is 10.5. The van der Waals surface area contributed by atoms with Crippen molar-refractivity contribution in [2.45, 2.75) is 20.0 Å². The van der Waals surface area contributed by atoms with Crippen molar-refractivity contribution in [1.82, 2.24) is 4.57 Å². The zero-order valence-electron chi connectivity index (χ0n) is 13.4. The quantitative estimate of drug-likeness (QED) is 0.832. The number of carbonyl (C=O) groups excluding carboxylic acids is 2. The minimum Gasteiger partial charge on any atom is -0.492 e. The monoisotopic (exact) mass is 316 g/mol. The zero-order valence-corrected chi connectivity index (χ0v) is 13.4. The van der Waals surface area contributed by atoms with Gasteiger partial charge in [0.15, 0.2) is 6.10 Å². The number of para-hydroxylation sites is 2. The standard InChI is InChI=1S/C17H20N2O4/c1-4-22-15-10-6-5-8-13(15)18-16(20)12(2)23-17(21)14-9-7-11-19(14)3/h5-12H,4H2,1-3H3,(H,18,20)/t12-/m1/s1. The molecule has 0 saturated carbocycles. The van der Waals surface area contributed by atoms with Crippen molar-refractivity contribution >= 4 is 17.6 Å². The van der Waals surface area contributed by atoms with Crippen molar-refractivity contribution in [3.05, 3.63) is 48.3 Å². The van der Waals surface area contributed by atoms with Crippen molar-refractivity contribution in [1.29, 1.82) is 0 Å². The number of aryl methyl sites for hydroxylation is 1. The Hall–Kier alpha value is -2.76. The first-order chi connectivity index (χ1) is 11.0. The summed E-state index contributed by atoms with van der Waals surface area (Å²) >= 11 is 0. The van der Waals surface area contributed by atoms with Crippen LogP contribution in [-0.2, 0) is 16.6 Å². The molecule has 0 spiro atoms. The van der Waals surface area contributed by atoms with E-state index in [9.17, 15) is 9.59 Å². The average molecular weight is 316 g/mol. The fourth-order valence-electron chi connectivity index (χ4n) is 2.03. The van der Waals surface area contributed by atoms with Gasteiger partial charge in [-0.2, -0.15) is 0 Å². The first-order valence-electron chi connectivity index (χ1n) is 7.38. The van der Waals surface area contributed by atoms with E-state index in [1.807, 2.05) is 13.0 Å². The normalized spacial score (nSPS) is 11.6. The minimum atomic E-state index is -0.924. The highest BCUT2D eigenvalue weighted by Crippen LogP contribution is 2.24. The van der Waals surface area contributed by atoms with Gasteiger partial charge < -0.3 is 19.4 Å². The van der Waals surface area contributed by atoms with Crippen LogP contribution in [0.4, 0.5) is 5.69 Å². The number of carbonyl (C=O) groups is 2. The number of rotatable bonds is 6. The highest BCUT2D eigenvalue weighted by atomic mass is 16.5. The Kier molecular flexibility index (Phi) is 5.41. The van der Waals surface area contributed by atoms with E-state index < -0.39 is 18.0 Å². The van der Waals surface area contributed by atoms with Gasteiger partial charge in [-0.1, -0.05) is 12.1 Å². The number of nitrogens with zero attached hydrogens (tertiary/aromatic N) is 1. The first kappa shape index (κ1) is 16.6. The van der Waals surface area contributed by atoms with E-state index in [2.05, 4.69) is 5.32 Å². The summed E-state index contributed by atoms with van der Waals surface area (Å²) in [5, 5.41) is 2.71. The van der Waals surface area contributed by atoms with E-state index in [0.717, 1.165) is 0 Å². The lowest BCUT2D eigenvalue weighted by atomic mass is 10.2. The number of hydrogen-bond donors (Lipinski definition) is 1. The van der Waals surface area contributed by atoms with Crippen molar-refractivity contribution in [2.75, 3.05) is 11.9 Å². The zero-order chi connectivity index (χ0) is 16.8. The van der Waals surface area contributed by atoms with Crippen molar-refractivity contribution in [3.8, 4) is 5.75 Å². The molecule has 0 aliphatic heterocycles. The third-order valence-electron chi connectivity index (χ3n) is 3.25. The van der Waals surface area contributed by atoms with Crippen molar-refractivity contribution < 1.29 is 19.1 Å². The maximum absolute atomic E-state index is 12.2.